The molecule has 2 aliphatic rings. The number of hydrogen-bond donors (Lipinski definition) is 1. The quantitative estimate of drug-likeness (QED) is 0.912. The lowest BCUT2D eigenvalue weighted by atomic mass is 10.1. The summed E-state index contributed by atoms with van der Waals surface area (Å²) < 4.78 is 24.3. The Labute approximate surface area is 143 Å². The number of anilines is 1. The molecule has 0 saturated heterocycles. The molecule has 1 N–H and O–H groups in total. The fourth-order valence-electron chi connectivity index (χ4n) is 2.78. The van der Waals surface area contributed by atoms with Crippen LogP contribution in [0.5, 0.6) is 11.5 Å². The number of nitrogens with one attached hydrogen (secondary N) is 1. The minimum Gasteiger partial charge on any atom is -0.486 e. The van der Waals surface area contributed by atoms with Crippen molar-refractivity contribution in [1.29, 1.82) is 0 Å². The van der Waals surface area contributed by atoms with Gasteiger partial charge in [0.05, 0.1) is 12.3 Å². The summed E-state index contributed by atoms with van der Waals surface area (Å²) in [5.74, 6) is 1.00. The van der Waals surface area contributed by atoms with Crippen LogP contribution < -0.4 is 14.8 Å². The Bertz CT molecular complexity index is 853. The fourth-order valence-corrected chi connectivity index (χ4v) is 2.78. The van der Waals surface area contributed by atoms with E-state index < -0.39 is 11.8 Å². The number of urea groups is 1. The van der Waals surface area contributed by atoms with Crippen molar-refractivity contribution >= 4 is 17.4 Å². The van der Waals surface area contributed by atoms with Crippen molar-refractivity contribution in [3.8, 4) is 11.5 Å². The fraction of sp³-hybridized carbons (Fsp3) is 0.222. The Morgan fingerprint density at radius 3 is 2.80 bits per heavy atom. The average molecular weight is 341 g/mol. The molecule has 0 aliphatic carbocycles. The van der Waals surface area contributed by atoms with E-state index in [4.69, 9.17) is 9.47 Å². The van der Waals surface area contributed by atoms with Crippen LogP contribution in [0.2, 0.25) is 0 Å². The van der Waals surface area contributed by atoms with Gasteiger partial charge in [-0.2, -0.15) is 5.10 Å². The summed E-state index contributed by atoms with van der Waals surface area (Å²) >= 11 is 0. The summed E-state index contributed by atoms with van der Waals surface area (Å²) in [5, 5.41) is 8.36. The molecule has 0 saturated carbocycles. The first-order chi connectivity index (χ1) is 12.2. The molecule has 2 heterocycles. The first-order valence-corrected chi connectivity index (χ1v) is 8.01. The Morgan fingerprint density at radius 2 is 1.96 bits per heavy atom. The zero-order valence-corrected chi connectivity index (χ0v) is 13.4. The monoisotopic (exact) mass is 341 g/mol. The SMILES string of the molecule is O=C(Nc1cccc(F)c1)N1CCC(c2ccc3c(c2)OCCO3)=N1. The Balaban J connectivity index is 1.49. The second-order valence-corrected chi connectivity index (χ2v) is 5.72. The van der Waals surface area contributed by atoms with Gasteiger partial charge < -0.3 is 14.8 Å². The molecule has 0 unspecified atom stereocenters. The van der Waals surface area contributed by atoms with Crippen LogP contribution in [-0.2, 0) is 0 Å². The molecule has 4 rings (SSSR count). The predicted molar refractivity (Wildman–Crippen MR) is 90.7 cm³/mol. The third-order valence-corrected chi connectivity index (χ3v) is 3.99. The first kappa shape index (κ1) is 15.4. The number of nitrogens with zero attached hydrogens (tertiary/aromatic N) is 2. The summed E-state index contributed by atoms with van der Waals surface area (Å²) in [5.41, 5.74) is 2.09. The smallest absolute Gasteiger partial charge is 0.342 e. The normalized spacial score (nSPS) is 15.7. The molecule has 0 bridgehead atoms. The molecule has 6 nitrogen and oxygen atoms in total. The number of amides is 2. The standard InChI is InChI=1S/C18H16FN3O3/c19-13-2-1-3-14(11-13)20-18(23)22-7-6-15(21-22)12-4-5-16-17(10-12)25-9-8-24-16/h1-5,10-11H,6-9H2,(H,20,23). The van der Waals surface area contributed by atoms with Crippen LogP contribution in [0.3, 0.4) is 0 Å². The second kappa shape index (κ2) is 6.43. The van der Waals surface area contributed by atoms with E-state index in [9.17, 15) is 9.18 Å². The minimum atomic E-state index is -0.403. The molecule has 0 spiro atoms. The topological polar surface area (TPSA) is 63.2 Å². The number of carbonyl (C=O) groups is 1. The average Bonchev–Trinajstić information content (AvgIpc) is 3.12. The van der Waals surface area contributed by atoms with Crippen LogP contribution in [0.25, 0.3) is 0 Å². The summed E-state index contributed by atoms with van der Waals surface area (Å²) in [6, 6.07) is 11.0. The van der Waals surface area contributed by atoms with Crippen molar-refractivity contribution < 1.29 is 18.7 Å². The third kappa shape index (κ3) is 3.26. The number of carbonyl (C=O) groups excluding carboxylic acids is 1. The minimum absolute atomic E-state index is 0.391. The highest BCUT2D eigenvalue weighted by Gasteiger charge is 2.23. The van der Waals surface area contributed by atoms with Gasteiger partial charge in [0.15, 0.2) is 11.5 Å². The highest BCUT2D eigenvalue weighted by atomic mass is 19.1. The molecule has 7 heteroatoms. The Hall–Kier alpha value is -3.09. The molecule has 2 aromatic carbocycles. The zero-order chi connectivity index (χ0) is 17.2. The van der Waals surface area contributed by atoms with Crippen molar-refractivity contribution in [2.45, 2.75) is 6.42 Å². The molecule has 0 fully saturated rings. The highest BCUT2D eigenvalue weighted by Crippen LogP contribution is 2.31. The van der Waals surface area contributed by atoms with Crippen LogP contribution in [0.4, 0.5) is 14.9 Å². The van der Waals surface area contributed by atoms with Gasteiger partial charge in [0.1, 0.15) is 19.0 Å². The molecule has 2 aromatic rings. The maximum absolute atomic E-state index is 13.2. The molecular weight excluding hydrogens is 325 g/mol. The molecule has 0 atom stereocenters. The van der Waals surface area contributed by atoms with Gasteiger partial charge in [0.25, 0.3) is 0 Å². The van der Waals surface area contributed by atoms with Crippen LogP contribution >= 0.6 is 0 Å². The van der Waals surface area contributed by atoms with Gasteiger partial charge in [-0.1, -0.05) is 6.07 Å². The summed E-state index contributed by atoms with van der Waals surface area (Å²) in [6.07, 6.45) is 0.635. The largest absolute Gasteiger partial charge is 0.486 e. The van der Waals surface area contributed by atoms with E-state index in [1.165, 1.54) is 17.1 Å². The summed E-state index contributed by atoms with van der Waals surface area (Å²) in [7, 11) is 0. The third-order valence-electron chi connectivity index (χ3n) is 3.99. The lowest BCUT2D eigenvalue weighted by Crippen LogP contribution is -2.28. The van der Waals surface area contributed by atoms with Gasteiger partial charge in [-0.25, -0.2) is 14.2 Å². The van der Waals surface area contributed by atoms with E-state index in [1.807, 2.05) is 18.2 Å². The van der Waals surface area contributed by atoms with E-state index in [-0.39, 0.29) is 0 Å². The number of fused-ring (bicyclic) bond motifs is 1. The molecular formula is C18H16FN3O3. The van der Waals surface area contributed by atoms with Gasteiger partial charge in [0, 0.05) is 17.7 Å². The van der Waals surface area contributed by atoms with Crippen molar-refractivity contribution in [1.82, 2.24) is 5.01 Å². The number of rotatable bonds is 2. The zero-order valence-electron chi connectivity index (χ0n) is 13.4. The summed E-state index contributed by atoms with van der Waals surface area (Å²) in [4.78, 5) is 12.3. The number of ether oxygens (including phenoxy) is 2. The van der Waals surface area contributed by atoms with Gasteiger partial charge in [-0.15, -0.1) is 0 Å². The van der Waals surface area contributed by atoms with E-state index in [0.717, 1.165) is 11.3 Å². The molecule has 128 valence electrons. The van der Waals surface area contributed by atoms with E-state index >= 15 is 0 Å². The Morgan fingerprint density at radius 1 is 1.12 bits per heavy atom. The number of halogens is 1. The maximum atomic E-state index is 13.2. The molecule has 2 aliphatic heterocycles. The molecule has 0 aromatic heterocycles. The summed E-state index contributed by atoms with van der Waals surface area (Å²) in [6.45, 7) is 1.53. The second-order valence-electron chi connectivity index (χ2n) is 5.72. The van der Waals surface area contributed by atoms with Crippen LogP contribution in [0, 0.1) is 5.82 Å². The first-order valence-electron chi connectivity index (χ1n) is 8.01. The molecule has 0 radical (unpaired) electrons. The van der Waals surface area contributed by atoms with Crippen LogP contribution in [0.15, 0.2) is 47.6 Å². The van der Waals surface area contributed by atoms with Crippen molar-refractivity contribution in [3.05, 3.63) is 53.8 Å². The highest BCUT2D eigenvalue weighted by molar-refractivity contribution is 6.03. The number of benzene rings is 2. The predicted octanol–water partition coefficient (Wildman–Crippen LogP) is 3.24. The van der Waals surface area contributed by atoms with Crippen LogP contribution in [0.1, 0.15) is 12.0 Å². The molecule has 2 amide bonds. The number of hydrazone groups is 1. The van der Waals surface area contributed by atoms with Gasteiger partial charge in [-0.05, 0) is 36.4 Å². The van der Waals surface area contributed by atoms with Crippen molar-refractivity contribution in [2.24, 2.45) is 5.10 Å². The van der Waals surface area contributed by atoms with Gasteiger partial charge >= 0.3 is 6.03 Å². The van der Waals surface area contributed by atoms with Gasteiger partial charge in [-0.3, -0.25) is 0 Å². The van der Waals surface area contributed by atoms with E-state index in [1.54, 1.807) is 12.1 Å². The molecule has 25 heavy (non-hydrogen) atoms. The van der Waals surface area contributed by atoms with Gasteiger partial charge in [0.2, 0.25) is 0 Å². The van der Waals surface area contributed by atoms with E-state index in [0.29, 0.717) is 43.4 Å². The Kier molecular flexibility index (Phi) is 3.97. The lowest BCUT2D eigenvalue weighted by Gasteiger charge is -2.18. The van der Waals surface area contributed by atoms with Crippen LogP contribution in [-0.4, -0.2) is 36.5 Å². The lowest BCUT2D eigenvalue weighted by molar-refractivity contribution is 0.171. The van der Waals surface area contributed by atoms with Crippen molar-refractivity contribution in [2.75, 3.05) is 25.1 Å². The maximum Gasteiger partial charge on any atom is 0.342 e. The van der Waals surface area contributed by atoms with Crippen molar-refractivity contribution in [3.63, 3.8) is 0 Å². The number of hydrogen-bond acceptors (Lipinski definition) is 4. The van der Waals surface area contributed by atoms with E-state index in [2.05, 4.69) is 10.4 Å².